The summed E-state index contributed by atoms with van der Waals surface area (Å²) in [7, 11) is 0. The molecule has 4 nitrogen and oxygen atoms in total. The fourth-order valence-corrected chi connectivity index (χ4v) is 3.23. The molecule has 0 saturated heterocycles. The van der Waals surface area contributed by atoms with Crippen LogP contribution in [-0.2, 0) is 0 Å². The van der Waals surface area contributed by atoms with Gasteiger partial charge in [0.1, 0.15) is 0 Å². The van der Waals surface area contributed by atoms with E-state index in [1.807, 2.05) is 13.0 Å². The minimum absolute atomic E-state index is 0.0615. The summed E-state index contributed by atoms with van der Waals surface area (Å²) < 4.78 is 0. The fourth-order valence-electron chi connectivity index (χ4n) is 2.28. The third-order valence-corrected chi connectivity index (χ3v) is 4.58. The number of nitro benzene ring substituents is 1. The Morgan fingerprint density at radius 2 is 2.00 bits per heavy atom. The highest BCUT2D eigenvalue weighted by Crippen LogP contribution is 2.27. The van der Waals surface area contributed by atoms with E-state index in [9.17, 15) is 10.1 Å². The van der Waals surface area contributed by atoms with Crippen molar-refractivity contribution >= 4 is 17.0 Å². The van der Waals surface area contributed by atoms with Gasteiger partial charge in [-0.25, -0.2) is 0 Å². The van der Waals surface area contributed by atoms with E-state index in [4.69, 9.17) is 0 Å². The summed E-state index contributed by atoms with van der Waals surface area (Å²) in [6.45, 7) is 6.24. The van der Waals surface area contributed by atoms with Crippen LogP contribution in [0.15, 0.2) is 35.7 Å². The van der Waals surface area contributed by atoms with Gasteiger partial charge in [-0.15, -0.1) is 11.3 Å². The third-order valence-electron chi connectivity index (χ3n) is 3.38. The monoisotopic (exact) mass is 290 g/mol. The Morgan fingerprint density at radius 1 is 1.25 bits per heavy atom. The van der Waals surface area contributed by atoms with Gasteiger partial charge in [-0.05, 0) is 43.3 Å². The van der Waals surface area contributed by atoms with Gasteiger partial charge >= 0.3 is 0 Å². The highest BCUT2D eigenvalue weighted by atomic mass is 32.1. The fraction of sp³-hybridized carbons (Fsp3) is 0.333. The second-order valence-corrected chi connectivity index (χ2v) is 5.88. The average Bonchev–Trinajstić information content (AvgIpc) is 2.85. The molecule has 0 fully saturated rings. The number of nitrogens with zero attached hydrogens (tertiary/aromatic N) is 1. The van der Waals surface area contributed by atoms with Crippen molar-refractivity contribution in [1.82, 2.24) is 5.32 Å². The van der Waals surface area contributed by atoms with Crippen molar-refractivity contribution in [1.29, 1.82) is 0 Å². The van der Waals surface area contributed by atoms with Crippen molar-refractivity contribution in [2.24, 2.45) is 0 Å². The number of thiophene rings is 1. The van der Waals surface area contributed by atoms with Crippen LogP contribution in [0.25, 0.3) is 0 Å². The largest absolute Gasteiger partial charge is 0.303 e. The summed E-state index contributed by atoms with van der Waals surface area (Å²) in [5.74, 6) is 0. The van der Waals surface area contributed by atoms with Crippen molar-refractivity contribution in [3.63, 3.8) is 0 Å². The maximum absolute atomic E-state index is 10.8. The van der Waals surface area contributed by atoms with Gasteiger partial charge in [0.2, 0.25) is 0 Å². The van der Waals surface area contributed by atoms with E-state index in [0.29, 0.717) is 0 Å². The van der Waals surface area contributed by atoms with E-state index in [1.54, 1.807) is 23.5 Å². The molecule has 2 rings (SSSR count). The molecule has 5 heteroatoms. The molecule has 1 heterocycles. The predicted molar refractivity (Wildman–Crippen MR) is 82.1 cm³/mol. The molecule has 0 saturated carbocycles. The molecule has 0 spiro atoms. The van der Waals surface area contributed by atoms with Crippen LogP contribution in [0.5, 0.6) is 0 Å². The molecule has 0 aliphatic heterocycles. The molecule has 2 unspecified atom stereocenters. The number of aryl methyl sites for hydroxylation is 1. The van der Waals surface area contributed by atoms with Crippen LogP contribution >= 0.6 is 11.3 Å². The van der Waals surface area contributed by atoms with Gasteiger partial charge in [-0.1, -0.05) is 12.1 Å². The van der Waals surface area contributed by atoms with E-state index in [-0.39, 0.29) is 22.7 Å². The van der Waals surface area contributed by atoms with Gasteiger partial charge in [0, 0.05) is 29.1 Å². The molecule has 0 aliphatic carbocycles. The van der Waals surface area contributed by atoms with E-state index in [1.165, 1.54) is 16.5 Å². The quantitative estimate of drug-likeness (QED) is 0.657. The van der Waals surface area contributed by atoms with E-state index >= 15 is 0 Å². The highest BCUT2D eigenvalue weighted by Gasteiger charge is 2.15. The molecular weight excluding hydrogens is 272 g/mol. The van der Waals surface area contributed by atoms with Crippen LogP contribution in [0.3, 0.4) is 0 Å². The standard InChI is InChI=1S/C15H18N2O2S/c1-10-7-8-20-15(10)12(3)16-11(2)13-5-4-6-14(9-13)17(18)19/h4-9,11-12,16H,1-3H3. The van der Waals surface area contributed by atoms with Crippen molar-refractivity contribution in [3.05, 3.63) is 61.8 Å². The number of non-ortho nitro benzene ring substituents is 1. The topological polar surface area (TPSA) is 55.2 Å². The van der Waals surface area contributed by atoms with Crippen molar-refractivity contribution in [3.8, 4) is 0 Å². The van der Waals surface area contributed by atoms with Crippen LogP contribution in [-0.4, -0.2) is 4.92 Å². The van der Waals surface area contributed by atoms with Crippen molar-refractivity contribution in [2.45, 2.75) is 32.9 Å². The van der Waals surface area contributed by atoms with Crippen molar-refractivity contribution < 1.29 is 4.92 Å². The molecule has 1 aromatic carbocycles. The molecule has 1 aromatic heterocycles. The minimum Gasteiger partial charge on any atom is -0.303 e. The van der Waals surface area contributed by atoms with Gasteiger partial charge in [0.25, 0.3) is 5.69 Å². The third kappa shape index (κ3) is 3.23. The number of nitro groups is 1. The molecule has 0 aliphatic rings. The second kappa shape index (κ2) is 6.15. The molecular formula is C15H18N2O2S. The molecule has 20 heavy (non-hydrogen) atoms. The lowest BCUT2D eigenvalue weighted by Crippen LogP contribution is -2.22. The summed E-state index contributed by atoms with van der Waals surface area (Å²) >= 11 is 1.73. The molecule has 106 valence electrons. The predicted octanol–water partition coefficient (Wildman–Crippen LogP) is 4.38. The lowest BCUT2D eigenvalue weighted by atomic mass is 10.1. The zero-order valence-corrected chi connectivity index (χ0v) is 12.6. The number of hydrogen-bond donors (Lipinski definition) is 1. The van der Waals surface area contributed by atoms with E-state index in [2.05, 4.69) is 30.6 Å². The highest BCUT2D eigenvalue weighted by molar-refractivity contribution is 7.10. The zero-order chi connectivity index (χ0) is 14.7. The number of rotatable bonds is 5. The van der Waals surface area contributed by atoms with Gasteiger partial charge in [0.15, 0.2) is 0 Å². The van der Waals surface area contributed by atoms with Gasteiger partial charge < -0.3 is 5.32 Å². The molecule has 0 radical (unpaired) electrons. The Morgan fingerprint density at radius 3 is 2.60 bits per heavy atom. The second-order valence-electron chi connectivity index (χ2n) is 4.93. The first kappa shape index (κ1) is 14.7. The molecule has 2 aromatic rings. The van der Waals surface area contributed by atoms with Crippen LogP contribution in [0.2, 0.25) is 0 Å². The molecule has 0 amide bonds. The normalized spacial score (nSPS) is 13.9. The van der Waals surface area contributed by atoms with Crippen LogP contribution in [0.4, 0.5) is 5.69 Å². The molecule has 1 N–H and O–H groups in total. The summed E-state index contributed by atoms with van der Waals surface area (Å²) in [5.41, 5.74) is 2.35. The van der Waals surface area contributed by atoms with E-state index < -0.39 is 0 Å². The minimum atomic E-state index is -0.358. The zero-order valence-electron chi connectivity index (χ0n) is 11.8. The Kier molecular flexibility index (Phi) is 4.52. The van der Waals surface area contributed by atoms with Gasteiger partial charge in [-0.3, -0.25) is 10.1 Å². The Hall–Kier alpha value is -1.72. The number of nitrogens with one attached hydrogen (secondary N) is 1. The summed E-state index contributed by atoms with van der Waals surface area (Å²) in [6.07, 6.45) is 0. The smallest absolute Gasteiger partial charge is 0.269 e. The Bertz CT molecular complexity index is 609. The lowest BCUT2D eigenvalue weighted by molar-refractivity contribution is -0.384. The van der Waals surface area contributed by atoms with Crippen LogP contribution in [0.1, 0.15) is 41.9 Å². The van der Waals surface area contributed by atoms with Crippen LogP contribution < -0.4 is 5.32 Å². The molecule has 2 atom stereocenters. The number of hydrogen-bond acceptors (Lipinski definition) is 4. The van der Waals surface area contributed by atoms with Gasteiger partial charge in [-0.2, -0.15) is 0 Å². The van der Waals surface area contributed by atoms with E-state index in [0.717, 1.165) is 5.56 Å². The maximum atomic E-state index is 10.8. The van der Waals surface area contributed by atoms with Crippen molar-refractivity contribution in [2.75, 3.05) is 0 Å². The first-order chi connectivity index (χ1) is 9.49. The number of benzene rings is 1. The van der Waals surface area contributed by atoms with Crippen LogP contribution in [0, 0.1) is 17.0 Å². The Balaban J connectivity index is 2.12. The lowest BCUT2D eigenvalue weighted by Gasteiger charge is -2.20. The van der Waals surface area contributed by atoms with Gasteiger partial charge in [0.05, 0.1) is 4.92 Å². The first-order valence-corrected chi connectivity index (χ1v) is 7.41. The maximum Gasteiger partial charge on any atom is 0.269 e. The first-order valence-electron chi connectivity index (χ1n) is 6.53. The molecule has 0 bridgehead atoms. The summed E-state index contributed by atoms with van der Waals surface area (Å²) in [5, 5.41) is 16.4. The SMILES string of the molecule is Cc1ccsc1C(C)NC(C)c1cccc([N+](=O)[O-])c1. The summed E-state index contributed by atoms with van der Waals surface area (Å²) in [4.78, 5) is 11.8. The average molecular weight is 290 g/mol. The Labute approximate surface area is 122 Å². The summed E-state index contributed by atoms with van der Waals surface area (Å²) in [6, 6.07) is 9.19.